The predicted molar refractivity (Wildman–Crippen MR) is 108 cm³/mol. The average Bonchev–Trinajstić information content (AvgIpc) is 3.29. The zero-order chi connectivity index (χ0) is 20.3. The number of carbonyl (C=O) groups excluding carboxylic acids is 2. The fourth-order valence-corrected chi connectivity index (χ4v) is 3.78. The summed E-state index contributed by atoms with van der Waals surface area (Å²) in [5, 5.41) is 3.61. The van der Waals surface area contributed by atoms with Gasteiger partial charge in [-0.2, -0.15) is 0 Å². The molecule has 0 atom stereocenters. The molecule has 0 aliphatic carbocycles. The van der Waals surface area contributed by atoms with Gasteiger partial charge in [-0.25, -0.2) is 4.98 Å². The van der Waals surface area contributed by atoms with Crippen LogP contribution in [0.5, 0.6) is 5.75 Å². The maximum atomic E-state index is 12.7. The van der Waals surface area contributed by atoms with Crippen molar-refractivity contribution in [3.63, 3.8) is 0 Å². The number of aryl methyl sites for hydroxylation is 1. The smallest absolute Gasteiger partial charge is 0.267 e. The molecule has 0 unspecified atom stereocenters. The predicted octanol–water partition coefficient (Wildman–Crippen LogP) is 4.51. The number of nitrogens with one attached hydrogen (secondary N) is 1. The highest BCUT2D eigenvalue weighted by molar-refractivity contribution is 7.17. The Bertz CT molecular complexity index is 1000. The normalized spacial score (nSPS) is 10.6. The van der Waals surface area contributed by atoms with E-state index in [2.05, 4.69) is 10.3 Å². The van der Waals surface area contributed by atoms with Crippen molar-refractivity contribution >= 4 is 45.6 Å². The Balaban J connectivity index is 1.81. The number of carbonyl (C=O) groups is 2. The van der Waals surface area contributed by atoms with E-state index in [0.29, 0.717) is 37.9 Å². The molecule has 3 aromatic rings. The van der Waals surface area contributed by atoms with Gasteiger partial charge < -0.3 is 14.5 Å². The molecule has 0 aliphatic rings. The topological polar surface area (TPSA) is 84.7 Å². The summed E-state index contributed by atoms with van der Waals surface area (Å²) < 4.78 is 10.4. The lowest BCUT2D eigenvalue weighted by atomic mass is 10.3. The van der Waals surface area contributed by atoms with Crippen LogP contribution in [0.15, 0.2) is 41.0 Å². The van der Waals surface area contributed by atoms with E-state index in [1.54, 1.807) is 43.5 Å². The molecule has 0 saturated carbocycles. The fraction of sp³-hybridized carbons (Fsp3) is 0.211. The van der Waals surface area contributed by atoms with Crippen LogP contribution in [0.25, 0.3) is 0 Å². The van der Waals surface area contributed by atoms with Gasteiger partial charge in [0.05, 0.1) is 30.6 Å². The summed E-state index contributed by atoms with van der Waals surface area (Å²) in [7, 11) is 1.52. The Morgan fingerprint density at radius 2 is 2.14 bits per heavy atom. The third kappa shape index (κ3) is 4.35. The van der Waals surface area contributed by atoms with E-state index < -0.39 is 0 Å². The lowest BCUT2D eigenvalue weighted by Gasteiger charge is -2.16. The van der Waals surface area contributed by atoms with Crippen molar-refractivity contribution in [1.29, 1.82) is 0 Å². The van der Waals surface area contributed by atoms with Crippen LogP contribution in [0.2, 0.25) is 5.02 Å². The van der Waals surface area contributed by atoms with Gasteiger partial charge in [-0.3, -0.25) is 14.5 Å². The van der Waals surface area contributed by atoms with Crippen LogP contribution < -0.4 is 15.0 Å². The van der Waals surface area contributed by atoms with Gasteiger partial charge in [-0.05, 0) is 37.3 Å². The number of thiazole rings is 1. The van der Waals surface area contributed by atoms with E-state index in [1.807, 2.05) is 0 Å². The molecular weight excluding hydrogens is 402 g/mol. The summed E-state index contributed by atoms with van der Waals surface area (Å²) in [6.07, 6.45) is 1.54. The van der Waals surface area contributed by atoms with Crippen molar-refractivity contribution in [3.05, 3.63) is 57.9 Å². The number of halogens is 1. The quantitative estimate of drug-likeness (QED) is 0.635. The van der Waals surface area contributed by atoms with Crippen LogP contribution in [0.3, 0.4) is 0 Å². The van der Waals surface area contributed by atoms with Gasteiger partial charge in [0.2, 0.25) is 5.91 Å². The third-order valence-electron chi connectivity index (χ3n) is 3.91. The summed E-state index contributed by atoms with van der Waals surface area (Å²) in [4.78, 5) is 31.0. The molecule has 2 aromatic heterocycles. The van der Waals surface area contributed by atoms with Gasteiger partial charge >= 0.3 is 0 Å². The molecule has 0 saturated heterocycles. The molecule has 0 aliphatic heterocycles. The van der Waals surface area contributed by atoms with Crippen LogP contribution in [-0.2, 0) is 11.3 Å². The molecule has 146 valence electrons. The van der Waals surface area contributed by atoms with E-state index in [1.165, 1.54) is 18.9 Å². The van der Waals surface area contributed by atoms with Crippen molar-refractivity contribution in [2.75, 3.05) is 17.3 Å². The van der Waals surface area contributed by atoms with Crippen molar-refractivity contribution in [1.82, 2.24) is 4.98 Å². The summed E-state index contributed by atoms with van der Waals surface area (Å²) in [5.41, 5.74) is 1.06. The second-order valence-corrected chi connectivity index (χ2v) is 7.28. The minimum Gasteiger partial charge on any atom is -0.495 e. The number of anilines is 2. The second kappa shape index (κ2) is 8.45. The van der Waals surface area contributed by atoms with Crippen LogP contribution in [0.4, 0.5) is 10.8 Å². The molecule has 28 heavy (non-hydrogen) atoms. The fourth-order valence-electron chi connectivity index (χ4n) is 2.51. The summed E-state index contributed by atoms with van der Waals surface area (Å²) in [6, 6.07) is 8.49. The lowest BCUT2D eigenvalue weighted by Crippen LogP contribution is -2.27. The summed E-state index contributed by atoms with van der Waals surface area (Å²) in [6.45, 7) is 3.41. The Kier molecular flexibility index (Phi) is 6.01. The molecule has 7 nitrogen and oxygen atoms in total. The third-order valence-corrected chi connectivity index (χ3v) is 5.38. The molecular formula is C19H18ClN3O4S. The molecule has 2 amide bonds. The first kappa shape index (κ1) is 19.9. The van der Waals surface area contributed by atoms with Crippen LogP contribution in [0.1, 0.15) is 28.0 Å². The van der Waals surface area contributed by atoms with Gasteiger partial charge in [-0.1, -0.05) is 22.9 Å². The Labute approximate surface area is 170 Å². The van der Waals surface area contributed by atoms with Gasteiger partial charge in [-0.15, -0.1) is 0 Å². The maximum absolute atomic E-state index is 12.7. The lowest BCUT2D eigenvalue weighted by molar-refractivity contribution is -0.116. The zero-order valence-corrected chi connectivity index (χ0v) is 17.1. The molecule has 2 heterocycles. The highest BCUT2D eigenvalue weighted by atomic mass is 35.5. The van der Waals surface area contributed by atoms with Crippen molar-refractivity contribution in [2.45, 2.75) is 20.4 Å². The second-order valence-electron chi connectivity index (χ2n) is 5.90. The number of furan rings is 1. The minimum atomic E-state index is -0.330. The number of methoxy groups -OCH3 is 1. The van der Waals surface area contributed by atoms with E-state index in [0.717, 1.165) is 11.3 Å². The van der Waals surface area contributed by atoms with E-state index in [4.69, 9.17) is 20.8 Å². The number of aromatic nitrogens is 1. The highest BCUT2D eigenvalue weighted by Gasteiger charge is 2.22. The minimum absolute atomic E-state index is 0.195. The number of rotatable bonds is 6. The van der Waals surface area contributed by atoms with E-state index in [9.17, 15) is 9.59 Å². The zero-order valence-electron chi connectivity index (χ0n) is 15.5. The van der Waals surface area contributed by atoms with Crippen LogP contribution in [-0.4, -0.2) is 23.9 Å². The molecule has 3 rings (SSSR count). The summed E-state index contributed by atoms with van der Waals surface area (Å²) in [5.74, 6) is 0.621. The summed E-state index contributed by atoms with van der Waals surface area (Å²) >= 11 is 7.24. The SMILES string of the molecule is COc1ccc(NC(=O)c2sc(N(Cc3ccco3)C(C)=O)nc2C)cc1Cl. The number of amides is 2. The van der Waals surface area contributed by atoms with Crippen LogP contribution >= 0.6 is 22.9 Å². The Hall–Kier alpha value is -2.84. The molecule has 0 fully saturated rings. The maximum Gasteiger partial charge on any atom is 0.267 e. The molecule has 0 bridgehead atoms. The van der Waals surface area contributed by atoms with Crippen LogP contribution in [0, 0.1) is 6.92 Å². The largest absolute Gasteiger partial charge is 0.495 e. The first-order chi connectivity index (χ1) is 13.4. The number of hydrogen-bond acceptors (Lipinski definition) is 6. The van der Waals surface area contributed by atoms with Gasteiger partial charge in [0, 0.05) is 12.6 Å². The highest BCUT2D eigenvalue weighted by Crippen LogP contribution is 2.30. The molecule has 0 radical (unpaired) electrons. The monoisotopic (exact) mass is 419 g/mol. The van der Waals surface area contributed by atoms with Gasteiger partial charge in [0.1, 0.15) is 16.4 Å². The molecule has 9 heteroatoms. The molecule has 0 spiro atoms. The molecule has 1 aromatic carbocycles. The Morgan fingerprint density at radius 3 is 2.75 bits per heavy atom. The van der Waals surface area contributed by atoms with Crippen molar-refractivity contribution < 1.29 is 18.7 Å². The van der Waals surface area contributed by atoms with Crippen molar-refractivity contribution in [2.24, 2.45) is 0 Å². The Morgan fingerprint density at radius 1 is 1.36 bits per heavy atom. The number of hydrogen-bond donors (Lipinski definition) is 1. The first-order valence-corrected chi connectivity index (χ1v) is 9.51. The van der Waals surface area contributed by atoms with Crippen molar-refractivity contribution in [3.8, 4) is 5.75 Å². The average molecular weight is 420 g/mol. The first-order valence-electron chi connectivity index (χ1n) is 8.32. The van der Waals surface area contributed by atoms with E-state index in [-0.39, 0.29) is 18.4 Å². The number of nitrogens with zero attached hydrogens (tertiary/aromatic N) is 2. The molecule has 1 N–H and O–H groups in total. The van der Waals surface area contributed by atoms with Gasteiger partial charge in [0.15, 0.2) is 5.13 Å². The standard InChI is InChI=1S/C19H18ClN3O4S/c1-11-17(18(25)22-13-6-7-16(26-3)15(20)9-13)28-19(21-11)23(12(2)24)10-14-5-4-8-27-14/h4-9H,10H2,1-3H3,(H,22,25). The number of ether oxygens (including phenoxy) is 1. The number of benzene rings is 1. The van der Waals surface area contributed by atoms with Gasteiger partial charge in [0.25, 0.3) is 5.91 Å². The van der Waals surface area contributed by atoms with E-state index >= 15 is 0 Å².